The summed E-state index contributed by atoms with van der Waals surface area (Å²) in [5, 5.41) is 6.15. The van der Waals surface area contributed by atoms with E-state index in [1.807, 2.05) is 0 Å². The maximum absolute atomic E-state index is 12.1. The highest BCUT2D eigenvalue weighted by molar-refractivity contribution is 7.90. The minimum atomic E-state index is -3.06. The molecule has 1 aromatic rings. The third-order valence-electron chi connectivity index (χ3n) is 4.09. The van der Waals surface area contributed by atoms with Crippen molar-refractivity contribution in [1.29, 1.82) is 0 Å². The van der Waals surface area contributed by atoms with Gasteiger partial charge in [-0.1, -0.05) is 5.16 Å². The zero-order valence-corrected chi connectivity index (χ0v) is 12.5. The number of hydrogen-bond acceptors (Lipinski definition) is 5. The number of carbonyl (C=O) groups excluding carboxylic acids is 1. The molecule has 7 nitrogen and oxygen atoms in total. The van der Waals surface area contributed by atoms with E-state index in [9.17, 15) is 13.2 Å². The molecule has 1 aliphatic heterocycles. The summed E-state index contributed by atoms with van der Waals surface area (Å²) in [5.74, 6) is 0.229. The normalized spacial score (nSPS) is 21.3. The van der Waals surface area contributed by atoms with Crippen LogP contribution in [0.15, 0.2) is 16.8 Å². The Labute approximate surface area is 123 Å². The number of amides is 1. The molecule has 0 unspecified atom stereocenters. The minimum Gasteiger partial charge on any atom is -0.351 e. The lowest BCUT2D eigenvalue weighted by Gasteiger charge is -2.31. The maximum atomic E-state index is 12.1. The van der Waals surface area contributed by atoms with E-state index in [4.69, 9.17) is 4.52 Å². The lowest BCUT2D eigenvalue weighted by molar-refractivity contribution is 0.0904. The second kappa shape index (κ2) is 5.76. The first-order valence-corrected chi connectivity index (χ1v) is 8.75. The van der Waals surface area contributed by atoms with E-state index >= 15 is 0 Å². The van der Waals surface area contributed by atoms with Crippen LogP contribution in [0.3, 0.4) is 0 Å². The zero-order valence-electron chi connectivity index (χ0n) is 11.7. The van der Waals surface area contributed by atoms with Crippen LogP contribution >= 0.6 is 0 Å². The van der Waals surface area contributed by atoms with Crippen LogP contribution in [-0.2, 0) is 10.0 Å². The lowest BCUT2D eigenvalue weighted by atomic mass is 9.98. The molecule has 2 heterocycles. The summed E-state index contributed by atoms with van der Waals surface area (Å²) < 4.78 is 30.6. The van der Waals surface area contributed by atoms with Gasteiger partial charge in [0, 0.05) is 25.7 Å². The van der Waals surface area contributed by atoms with E-state index in [0.29, 0.717) is 25.6 Å². The van der Waals surface area contributed by atoms with Crippen LogP contribution < -0.4 is 5.32 Å². The molecule has 2 aliphatic rings. The van der Waals surface area contributed by atoms with Gasteiger partial charge in [-0.3, -0.25) is 4.79 Å². The highest BCUT2D eigenvalue weighted by Gasteiger charge is 2.41. The molecule has 0 spiro atoms. The molecule has 0 atom stereocenters. The van der Waals surface area contributed by atoms with E-state index in [1.165, 1.54) is 12.3 Å². The molecular weight excluding hydrogens is 294 g/mol. The number of nitrogens with one attached hydrogen (secondary N) is 1. The highest BCUT2D eigenvalue weighted by atomic mass is 32.2. The fraction of sp³-hybridized carbons (Fsp3) is 0.692. The van der Waals surface area contributed by atoms with Crippen molar-refractivity contribution in [3.05, 3.63) is 18.0 Å². The van der Waals surface area contributed by atoms with E-state index in [0.717, 1.165) is 25.7 Å². The fourth-order valence-electron chi connectivity index (χ4n) is 2.60. The summed E-state index contributed by atoms with van der Waals surface area (Å²) in [6.07, 6.45) is 4.59. The van der Waals surface area contributed by atoms with E-state index in [1.54, 1.807) is 4.31 Å². The monoisotopic (exact) mass is 313 g/mol. The summed E-state index contributed by atoms with van der Waals surface area (Å²) in [5.41, 5.74) is 0. The molecule has 8 heteroatoms. The van der Waals surface area contributed by atoms with Gasteiger partial charge < -0.3 is 9.84 Å². The Morgan fingerprint density at radius 3 is 2.62 bits per heavy atom. The van der Waals surface area contributed by atoms with Gasteiger partial charge in [0.25, 0.3) is 5.91 Å². The van der Waals surface area contributed by atoms with Gasteiger partial charge in [-0.25, -0.2) is 12.7 Å². The smallest absolute Gasteiger partial charge is 0.289 e. The number of aromatic nitrogens is 1. The van der Waals surface area contributed by atoms with Crippen molar-refractivity contribution in [3.8, 4) is 0 Å². The average molecular weight is 313 g/mol. The van der Waals surface area contributed by atoms with Gasteiger partial charge in [-0.2, -0.15) is 0 Å². The second-order valence-electron chi connectivity index (χ2n) is 5.67. The van der Waals surface area contributed by atoms with Crippen molar-refractivity contribution in [2.75, 3.05) is 19.6 Å². The SMILES string of the molecule is O=C(NCC1CCN(S(=O)(=O)C2CC2)CC1)c1ccno1. The van der Waals surface area contributed by atoms with Crippen LogP contribution in [-0.4, -0.2) is 48.7 Å². The van der Waals surface area contributed by atoms with Gasteiger partial charge in [0.05, 0.1) is 11.4 Å². The Kier molecular flexibility index (Phi) is 3.99. The molecule has 1 saturated carbocycles. The van der Waals surface area contributed by atoms with Crippen LogP contribution in [0.25, 0.3) is 0 Å². The molecule has 116 valence electrons. The summed E-state index contributed by atoms with van der Waals surface area (Å²) in [7, 11) is -3.06. The predicted octanol–water partition coefficient (Wildman–Crippen LogP) is 0.609. The number of rotatable bonds is 5. The van der Waals surface area contributed by atoms with Crippen molar-refractivity contribution in [2.24, 2.45) is 5.92 Å². The van der Waals surface area contributed by atoms with Crippen LogP contribution in [0, 0.1) is 5.92 Å². The van der Waals surface area contributed by atoms with Crippen LogP contribution in [0.2, 0.25) is 0 Å². The van der Waals surface area contributed by atoms with Gasteiger partial charge in [-0.05, 0) is 31.6 Å². The first kappa shape index (κ1) is 14.5. The van der Waals surface area contributed by atoms with E-state index < -0.39 is 10.0 Å². The molecular formula is C13H19N3O4S. The zero-order chi connectivity index (χ0) is 14.9. The Morgan fingerprint density at radius 1 is 1.33 bits per heavy atom. The summed E-state index contributed by atoms with van der Waals surface area (Å²) in [6, 6.07) is 1.51. The van der Waals surface area contributed by atoms with Crippen molar-refractivity contribution < 1.29 is 17.7 Å². The molecule has 1 N–H and O–H groups in total. The first-order valence-electron chi connectivity index (χ1n) is 7.25. The Hall–Kier alpha value is -1.41. The number of piperidine rings is 1. The molecule has 0 bridgehead atoms. The summed E-state index contributed by atoms with van der Waals surface area (Å²) in [6.45, 7) is 1.65. The Balaban J connectivity index is 1.45. The second-order valence-corrected chi connectivity index (χ2v) is 7.89. The maximum Gasteiger partial charge on any atom is 0.289 e. The van der Waals surface area contributed by atoms with Crippen LogP contribution in [0.1, 0.15) is 36.2 Å². The summed E-state index contributed by atoms with van der Waals surface area (Å²) >= 11 is 0. The van der Waals surface area contributed by atoms with Gasteiger partial charge in [0.2, 0.25) is 15.8 Å². The number of sulfonamides is 1. The van der Waals surface area contributed by atoms with Gasteiger partial charge in [-0.15, -0.1) is 0 Å². The third kappa shape index (κ3) is 3.26. The molecule has 3 rings (SSSR count). The number of nitrogens with zero attached hydrogens (tertiary/aromatic N) is 2. The number of carbonyl (C=O) groups is 1. The Morgan fingerprint density at radius 2 is 2.05 bits per heavy atom. The van der Waals surface area contributed by atoms with E-state index in [2.05, 4.69) is 10.5 Å². The van der Waals surface area contributed by atoms with Gasteiger partial charge in [0.1, 0.15) is 0 Å². The highest BCUT2D eigenvalue weighted by Crippen LogP contribution is 2.33. The van der Waals surface area contributed by atoms with Crippen LogP contribution in [0.5, 0.6) is 0 Å². The predicted molar refractivity (Wildman–Crippen MR) is 75.1 cm³/mol. The molecule has 21 heavy (non-hydrogen) atoms. The van der Waals surface area contributed by atoms with Crippen LogP contribution in [0.4, 0.5) is 0 Å². The number of hydrogen-bond donors (Lipinski definition) is 1. The largest absolute Gasteiger partial charge is 0.351 e. The average Bonchev–Trinajstić information content (AvgIpc) is 3.22. The van der Waals surface area contributed by atoms with Crippen molar-refractivity contribution in [1.82, 2.24) is 14.8 Å². The van der Waals surface area contributed by atoms with Crippen molar-refractivity contribution in [2.45, 2.75) is 30.9 Å². The molecule has 1 amide bonds. The summed E-state index contributed by atoms with van der Waals surface area (Å²) in [4.78, 5) is 11.7. The molecule has 1 aromatic heterocycles. The fourth-order valence-corrected chi connectivity index (χ4v) is 4.47. The van der Waals surface area contributed by atoms with Gasteiger partial charge in [0.15, 0.2) is 0 Å². The quantitative estimate of drug-likeness (QED) is 0.859. The first-order chi connectivity index (χ1) is 10.1. The van der Waals surface area contributed by atoms with E-state index in [-0.39, 0.29) is 16.9 Å². The molecule has 0 aromatic carbocycles. The minimum absolute atomic E-state index is 0.139. The van der Waals surface area contributed by atoms with Gasteiger partial charge >= 0.3 is 0 Å². The Bertz CT molecular complexity index is 587. The topological polar surface area (TPSA) is 92.5 Å². The molecule has 1 saturated heterocycles. The third-order valence-corrected chi connectivity index (χ3v) is 6.49. The van der Waals surface area contributed by atoms with Crippen molar-refractivity contribution in [3.63, 3.8) is 0 Å². The van der Waals surface area contributed by atoms with Crippen molar-refractivity contribution >= 4 is 15.9 Å². The molecule has 1 aliphatic carbocycles. The molecule has 0 radical (unpaired) electrons. The molecule has 2 fully saturated rings. The standard InChI is InChI=1S/C13H19N3O4S/c17-13(12-3-6-15-20-12)14-9-10-4-7-16(8-5-10)21(18,19)11-1-2-11/h3,6,10-11H,1-2,4-5,7-9H2,(H,14,17). The lowest BCUT2D eigenvalue weighted by Crippen LogP contribution is -2.42.